The molecule has 4 rings (SSSR count). The van der Waals surface area contributed by atoms with E-state index in [9.17, 15) is 4.79 Å². The summed E-state index contributed by atoms with van der Waals surface area (Å²) in [6.07, 6.45) is 4.87. The lowest BCUT2D eigenvalue weighted by atomic mass is 9.97. The molecule has 1 aromatic carbocycles. The largest absolute Gasteiger partial charge is 0.463 e. The molecular weight excluding hydrogens is 320 g/mol. The maximum absolute atomic E-state index is 12.3. The van der Waals surface area contributed by atoms with Crippen LogP contribution in [0.5, 0.6) is 0 Å². The number of para-hydroxylation sites is 2. The minimum atomic E-state index is -0.0913. The first-order valence-electron chi connectivity index (χ1n) is 9.18. The first kappa shape index (κ1) is 16.4. The Morgan fingerprint density at radius 3 is 2.80 bits per heavy atom. The van der Waals surface area contributed by atoms with Crippen molar-refractivity contribution >= 4 is 23.1 Å². The third-order valence-corrected chi connectivity index (χ3v) is 5.07. The molecule has 1 atom stereocenters. The Hall–Kier alpha value is -2.08. The number of esters is 1. The molecule has 1 aromatic heterocycles. The number of aromatic nitrogens is 1. The maximum atomic E-state index is 12.3. The van der Waals surface area contributed by atoms with Crippen molar-refractivity contribution in [2.45, 2.75) is 38.2 Å². The van der Waals surface area contributed by atoms with Gasteiger partial charge in [0.05, 0.1) is 12.0 Å². The smallest absolute Gasteiger partial charge is 0.309 e. The van der Waals surface area contributed by atoms with Crippen LogP contribution in [0.4, 0.5) is 6.01 Å². The summed E-state index contributed by atoms with van der Waals surface area (Å²) in [6, 6.07) is 8.40. The number of hydrogen-bond donors (Lipinski definition) is 0. The molecule has 0 radical (unpaired) electrons. The van der Waals surface area contributed by atoms with E-state index < -0.39 is 0 Å². The van der Waals surface area contributed by atoms with Crippen LogP contribution in [0.15, 0.2) is 28.7 Å². The van der Waals surface area contributed by atoms with Gasteiger partial charge in [0.15, 0.2) is 5.58 Å². The Bertz CT molecular complexity index is 682. The predicted molar refractivity (Wildman–Crippen MR) is 93.5 cm³/mol. The first-order chi connectivity index (χ1) is 12.3. The molecule has 0 aliphatic carbocycles. The molecule has 2 fully saturated rings. The van der Waals surface area contributed by atoms with Gasteiger partial charge in [-0.2, -0.15) is 4.98 Å². The van der Waals surface area contributed by atoms with E-state index in [-0.39, 0.29) is 18.0 Å². The Morgan fingerprint density at radius 2 is 2.04 bits per heavy atom. The van der Waals surface area contributed by atoms with Gasteiger partial charge >= 0.3 is 5.97 Å². The van der Waals surface area contributed by atoms with Crippen LogP contribution in [0.25, 0.3) is 11.1 Å². The van der Waals surface area contributed by atoms with Gasteiger partial charge in [-0.15, -0.1) is 0 Å². The highest BCUT2D eigenvalue weighted by Gasteiger charge is 2.29. The normalized spacial score (nSPS) is 22.2. The molecule has 25 heavy (non-hydrogen) atoms. The van der Waals surface area contributed by atoms with Crippen LogP contribution in [0.1, 0.15) is 32.1 Å². The Labute approximate surface area is 147 Å². The second-order valence-electron chi connectivity index (χ2n) is 6.84. The molecule has 134 valence electrons. The summed E-state index contributed by atoms with van der Waals surface area (Å²) in [5.74, 6) is -0.129. The van der Waals surface area contributed by atoms with Gasteiger partial charge in [-0.1, -0.05) is 12.1 Å². The number of piperidine rings is 1. The van der Waals surface area contributed by atoms with E-state index in [1.54, 1.807) is 0 Å². The second-order valence-corrected chi connectivity index (χ2v) is 6.84. The molecule has 3 heterocycles. The van der Waals surface area contributed by atoms with Crippen molar-refractivity contribution in [1.82, 2.24) is 4.98 Å². The van der Waals surface area contributed by atoms with Gasteiger partial charge in [-0.3, -0.25) is 4.79 Å². The Morgan fingerprint density at radius 1 is 1.20 bits per heavy atom. The van der Waals surface area contributed by atoms with Gasteiger partial charge in [-0.25, -0.2) is 0 Å². The zero-order valence-corrected chi connectivity index (χ0v) is 14.4. The van der Waals surface area contributed by atoms with Crippen molar-refractivity contribution in [3.05, 3.63) is 24.3 Å². The molecular formula is C19H24N2O4. The quantitative estimate of drug-likeness (QED) is 0.794. The molecule has 6 heteroatoms. The van der Waals surface area contributed by atoms with Crippen LogP contribution in [0.3, 0.4) is 0 Å². The Kier molecular flexibility index (Phi) is 4.88. The van der Waals surface area contributed by atoms with E-state index in [0.29, 0.717) is 12.6 Å². The van der Waals surface area contributed by atoms with E-state index in [0.717, 1.165) is 62.9 Å². The van der Waals surface area contributed by atoms with Crippen LogP contribution in [0, 0.1) is 5.92 Å². The van der Waals surface area contributed by atoms with Gasteiger partial charge in [0.2, 0.25) is 0 Å². The molecule has 0 spiro atoms. The van der Waals surface area contributed by atoms with Crippen molar-refractivity contribution in [1.29, 1.82) is 0 Å². The number of nitrogens with zero attached hydrogens (tertiary/aromatic N) is 2. The van der Waals surface area contributed by atoms with Crippen molar-refractivity contribution in [3.63, 3.8) is 0 Å². The van der Waals surface area contributed by atoms with Crippen LogP contribution in [-0.2, 0) is 14.3 Å². The molecule has 0 bridgehead atoms. The summed E-state index contributed by atoms with van der Waals surface area (Å²) in [6.45, 7) is 2.69. The minimum Gasteiger partial charge on any atom is -0.463 e. The minimum absolute atomic E-state index is 0.0378. The summed E-state index contributed by atoms with van der Waals surface area (Å²) < 4.78 is 16.9. The second kappa shape index (κ2) is 7.44. The van der Waals surface area contributed by atoms with Gasteiger partial charge in [0.25, 0.3) is 6.01 Å². The summed E-state index contributed by atoms with van der Waals surface area (Å²) in [5, 5.41) is 0. The topological polar surface area (TPSA) is 64.8 Å². The first-order valence-corrected chi connectivity index (χ1v) is 9.18. The average Bonchev–Trinajstić information content (AvgIpc) is 3.11. The summed E-state index contributed by atoms with van der Waals surface area (Å²) in [5.41, 5.74) is 1.66. The molecule has 2 aliphatic rings. The number of fused-ring (bicyclic) bond motifs is 1. The fourth-order valence-electron chi connectivity index (χ4n) is 3.53. The highest BCUT2D eigenvalue weighted by atomic mass is 16.6. The number of carbonyl (C=O) groups is 1. The fourth-order valence-corrected chi connectivity index (χ4v) is 3.53. The molecule has 6 nitrogen and oxygen atoms in total. The zero-order chi connectivity index (χ0) is 17.1. The lowest BCUT2D eigenvalue weighted by molar-refractivity contribution is -0.154. The van der Waals surface area contributed by atoms with E-state index in [2.05, 4.69) is 9.88 Å². The molecule has 0 amide bonds. The monoisotopic (exact) mass is 344 g/mol. The third kappa shape index (κ3) is 3.79. The van der Waals surface area contributed by atoms with Gasteiger partial charge in [0.1, 0.15) is 12.1 Å². The van der Waals surface area contributed by atoms with Crippen LogP contribution in [-0.4, -0.2) is 43.4 Å². The number of oxazole rings is 1. The summed E-state index contributed by atoms with van der Waals surface area (Å²) >= 11 is 0. The molecule has 1 unspecified atom stereocenters. The van der Waals surface area contributed by atoms with E-state index in [4.69, 9.17) is 13.9 Å². The third-order valence-electron chi connectivity index (χ3n) is 5.07. The molecule has 2 aliphatic heterocycles. The molecule has 2 aromatic rings. The van der Waals surface area contributed by atoms with E-state index >= 15 is 0 Å². The average molecular weight is 344 g/mol. The SMILES string of the molecule is O=C(OCC1CCCCO1)C1CCN(c2nc3ccccc3o2)CC1. The van der Waals surface area contributed by atoms with Crippen molar-refractivity contribution in [3.8, 4) is 0 Å². The predicted octanol–water partition coefficient (Wildman–Crippen LogP) is 3.16. The fraction of sp³-hybridized carbons (Fsp3) is 0.579. The van der Waals surface area contributed by atoms with Gasteiger partial charge in [0, 0.05) is 19.7 Å². The number of anilines is 1. The maximum Gasteiger partial charge on any atom is 0.309 e. The van der Waals surface area contributed by atoms with Crippen LogP contribution < -0.4 is 4.90 Å². The summed E-state index contributed by atoms with van der Waals surface area (Å²) in [4.78, 5) is 18.9. The van der Waals surface area contributed by atoms with Gasteiger partial charge < -0.3 is 18.8 Å². The standard InChI is InChI=1S/C19H24N2O4/c22-18(24-13-15-5-3-4-12-23-15)14-8-10-21(11-9-14)19-20-16-6-1-2-7-17(16)25-19/h1-2,6-7,14-15H,3-5,8-13H2. The van der Waals surface area contributed by atoms with Gasteiger partial charge in [-0.05, 0) is 44.2 Å². The molecule has 0 saturated carbocycles. The van der Waals surface area contributed by atoms with Crippen LogP contribution >= 0.6 is 0 Å². The highest BCUT2D eigenvalue weighted by Crippen LogP contribution is 2.27. The number of benzene rings is 1. The van der Waals surface area contributed by atoms with Crippen molar-refractivity contribution < 1.29 is 18.7 Å². The summed E-state index contributed by atoms with van der Waals surface area (Å²) in [7, 11) is 0. The number of hydrogen-bond acceptors (Lipinski definition) is 6. The van der Waals surface area contributed by atoms with E-state index in [1.165, 1.54) is 0 Å². The lowest BCUT2D eigenvalue weighted by Gasteiger charge is -2.30. The van der Waals surface area contributed by atoms with E-state index in [1.807, 2.05) is 24.3 Å². The van der Waals surface area contributed by atoms with Crippen molar-refractivity contribution in [2.75, 3.05) is 31.2 Å². The number of ether oxygens (including phenoxy) is 2. The van der Waals surface area contributed by atoms with Crippen molar-refractivity contribution in [2.24, 2.45) is 5.92 Å². The lowest BCUT2D eigenvalue weighted by Crippen LogP contribution is -2.38. The van der Waals surface area contributed by atoms with Crippen LogP contribution in [0.2, 0.25) is 0 Å². The molecule has 0 N–H and O–H groups in total. The highest BCUT2D eigenvalue weighted by molar-refractivity contribution is 5.75. The number of rotatable bonds is 4. The Balaban J connectivity index is 1.28. The molecule has 2 saturated heterocycles. The zero-order valence-electron chi connectivity index (χ0n) is 14.4. The number of carbonyl (C=O) groups excluding carboxylic acids is 1.